The first-order valence-electron chi connectivity index (χ1n) is 5.75. The Labute approximate surface area is 105 Å². The van der Waals surface area contributed by atoms with Crippen molar-refractivity contribution in [2.45, 2.75) is 18.9 Å². The first-order valence-corrected chi connectivity index (χ1v) is 6.13. The van der Waals surface area contributed by atoms with Crippen LogP contribution in [-0.2, 0) is 6.42 Å². The first kappa shape index (κ1) is 10.8. The van der Waals surface area contributed by atoms with Crippen molar-refractivity contribution >= 4 is 11.6 Å². The van der Waals surface area contributed by atoms with Gasteiger partial charge in [-0.25, -0.2) is 0 Å². The van der Waals surface area contributed by atoms with E-state index in [0.717, 1.165) is 34.8 Å². The van der Waals surface area contributed by atoms with Crippen molar-refractivity contribution in [2.75, 3.05) is 0 Å². The summed E-state index contributed by atoms with van der Waals surface area (Å²) in [5.41, 5.74) is 10.4. The Bertz CT molecular complexity index is 566. The molecule has 17 heavy (non-hydrogen) atoms. The van der Waals surface area contributed by atoms with E-state index in [2.05, 4.69) is 11.1 Å². The van der Waals surface area contributed by atoms with Crippen LogP contribution in [0.5, 0.6) is 0 Å². The summed E-state index contributed by atoms with van der Waals surface area (Å²) < 4.78 is 0. The number of fused-ring (bicyclic) bond motifs is 1. The summed E-state index contributed by atoms with van der Waals surface area (Å²) in [6.45, 7) is 0. The molecule has 0 saturated carbocycles. The van der Waals surface area contributed by atoms with Gasteiger partial charge in [0.05, 0.1) is 5.69 Å². The maximum absolute atomic E-state index is 6.00. The molecule has 1 heterocycles. The fraction of sp³-hybridized carbons (Fsp3) is 0.214. The van der Waals surface area contributed by atoms with Gasteiger partial charge in [0, 0.05) is 22.3 Å². The zero-order valence-electron chi connectivity index (χ0n) is 9.36. The fourth-order valence-electron chi connectivity index (χ4n) is 2.31. The molecule has 0 fully saturated rings. The van der Waals surface area contributed by atoms with Gasteiger partial charge in [-0.1, -0.05) is 29.8 Å². The topological polar surface area (TPSA) is 38.9 Å². The minimum absolute atomic E-state index is 0.158. The van der Waals surface area contributed by atoms with Gasteiger partial charge in [0.25, 0.3) is 0 Å². The molecule has 3 heteroatoms. The molecule has 0 spiro atoms. The van der Waals surface area contributed by atoms with E-state index >= 15 is 0 Å². The highest BCUT2D eigenvalue weighted by Crippen LogP contribution is 2.30. The molecule has 86 valence electrons. The van der Waals surface area contributed by atoms with Crippen molar-refractivity contribution in [3.63, 3.8) is 0 Å². The highest BCUT2D eigenvalue weighted by atomic mass is 35.5. The molecule has 2 N–H and O–H groups in total. The van der Waals surface area contributed by atoms with E-state index in [-0.39, 0.29) is 6.04 Å². The van der Waals surface area contributed by atoms with Gasteiger partial charge in [-0.05, 0) is 36.6 Å². The van der Waals surface area contributed by atoms with Crippen LogP contribution in [0.15, 0.2) is 36.4 Å². The SMILES string of the molecule is NC1CCc2nc(-c3cccc(Cl)c3)ccc21. The minimum Gasteiger partial charge on any atom is -0.324 e. The van der Waals surface area contributed by atoms with Crippen LogP contribution in [0.1, 0.15) is 23.7 Å². The second kappa shape index (κ2) is 4.13. The van der Waals surface area contributed by atoms with Crippen molar-refractivity contribution in [1.82, 2.24) is 4.98 Å². The lowest BCUT2D eigenvalue weighted by molar-refractivity contribution is 0.712. The molecule has 3 rings (SSSR count). The van der Waals surface area contributed by atoms with E-state index in [1.165, 1.54) is 5.56 Å². The van der Waals surface area contributed by atoms with Crippen LogP contribution in [0, 0.1) is 0 Å². The van der Waals surface area contributed by atoms with Crippen LogP contribution in [0.3, 0.4) is 0 Å². The molecule has 0 radical (unpaired) electrons. The Balaban J connectivity index is 2.06. The molecule has 1 aromatic heterocycles. The van der Waals surface area contributed by atoms with Crippen molar-refractivity contribution in [3.05, 3.63) is 52.7 Å². The van der Waals surface area contributed by atoms with Gasteiger partial charge in [0.1, 0.15) is 0 Å². The van der Waals surface area contributed by atoms with Crippen LogP contribution in [0.25, 0.3) is 11.3 Å². The number of hydrogen-bond acceptors (Lipinski definition) is 2. The average molecular weight is 245 g/mol. The molecular formula is C14H13ClN2. The number of pyridine rings is 1. The molecule has 1 aliphatic rings. The highest BCUT2D eigenvalue weighted by molar-refractivity contribution is 6.30. The number of aryl methyl sites for hydroxylation is 1. The summed E-state index contributed by atoms with van der Waals surface area (Å²) >= 11 is 5.99. The number of nitrogens with two attached hydrogens (primary N) is 1. The van der Waals surface area contributed by atoms with Crippen LogP contribution in [-0.4, -0.2) is 4.98 Å². The van der Waals surface area contributed by atoms with Crippen LogP contribution in [0.2, 0.25) is 5.02 Å². The van der Waals surface area contributed by atoms with Gasteiger partial charge in [-0.3, -0.25) is 4.98 Å². The van der Waals surface area contributed by atoms with Gasteiger partial charge < -0.3 is 5.73 Å². The summed E-state index contributed by atoms with van der Waals surface area (Å²) in [5, 5.41) is 0.737. The molecule has 1 aromatic carbocycles. The third-order valence-corrected chi connectivity index (χ3v) is 3.46. The highest BCUT2D eigenvalue weighted by Gasteiger charge is 2.20. The lowest BCUT2D eigenvalue weighted by Gasteiger charge is -2.06. The maximum Gasteiger partial charge on any atom is 0.0706 e. The molecule has 2 nitrogen and oxygen atoms in total. The van der Waals surface area contributed by atoms with Crippen molar-refractivity contribution in [1.29, 1.82) is 0 Å². The van der Waals surface area contributed by atoms with E-state index < -0.39 is 0 Å². The molecule has 1 unspecified atom stereocenters. The van der Waals surface area contributed by atoms with E-state index in [1.807, 2.05) is 30.3 Å². The minimum atomic E-state index is 0.158. The number of nitrogens with zero attached hydrogens (tertiary/aromatic N) is 1. The molecule has 0 aliphatic heterocycles. The summed E-state index contributed by atoms with van der Waals surface area (Å²) in [6, 6.07) is 12.0. The number of aromatic nitrogens is 1. The third-order valence-electron chi connectivity index (χ3n) is 3.22. The van der Waals surface area contributed by atoms with Crippen molar-refractivity contribution in [3.8, 4) is 11.3 Å². The second-order valence-corrected chi connectivity index (χ2v) is 4.82. The molecular weight excluding hydrogens is 232 g/mol. The number of halogens is 1. The Morgan fingerprint density at radius 1 is 1.24 bits per heavy atom. The molecule has 0 bridgehead atoms. The molecule has 0 amide bonds. The lowest BCUT2D eigenvalue weighted by Crippen LogP contribution is -2.05. The van der Waals surface area contributed by atoms with Crippen molar-refractivity contribution < 1.29 is 0 Å². The summed E-state index contributed by atoms with van der Waals surface area (Å²) in [6.07, 6.45) is 1.98. The lowest BCUT2D eigenvalue weighted by atomic mass is 10.1. The average Bonchev–Trinajstić information content (AvgIpc) is 2.71. The Kier molecular flexibility index (Phi) is 2.61. The normalized spacial score (nSPS) is 18.1. The standard InChI is InChI=1S/C14H13ClN2/c15-10-3-1-2-9(8-10)13-6-4-11-12(16)5-7-14(11)17-13/h1-4,6,8,12H,5,7,16H2. The van der Waals surface area contributed by atoms with E-state index in [9.17, 15) is 0 Å². The van der Waals surface area contributed by atoms with Gasteiger partial charge in [0.2, 0.25) is 0 Å². The number of rotatable bonds is 1. The second-order valence-electron chi connectivity index (χ2n) is 4.39. The zero-order valence-corrected chi connectivity index (χ0v) is 10.1. The third kappa shape index (κ3) is 1.94. The van der Waals surface area contributed by atoms with E-state index in [1.54, 1.807) is 0 Å². The van der Waals surface area contributed by atoms with Crippen LogP contribution >= 0.6 is 11.6 Å². The predicted molar refractivity (Wildman–Crippen MR) is 69.9 cm³/mol. The molecule has 1 atom stereocenters. The Morgan fingerprint density at radius 3 is 2.94 bits per heavy atom. The van der Waals surface area contributed by atoms with Crippen LogP contribution in [0.4, 0.5) is 0 Å². The van der Waals surface area contributed by atoms with Gasteiger partial charge in [0.15, 0.2) is 0 Å². The van der Waals surface area contributed by atoms with E-state index in [4.69, 9.17) is 17.3 Å². The van der Waals surface area contributed by atoms with Gasteiger partial charge in [-0.2, -0.15) is 0 Å². The summed E-state index contributed by atoms with van der Waals surface area (Å²) in [5.74, 6) is 0. The summed E-state index contributed by atoms with van der Waals surface area (Å²) in [7, 11) is 0. The maximum atomic E-state index is 6.00. The van der Waals surface area contributed by atoms with Crippen LogP contribution < -0.4 is 5.73 Å². The Morgan fingerprint density at radius 2 is 2.12 bits per heavy atom. The van der Waals surface area contributed by atoms with Gasteiger partial charge in [-0.15, -0.1) is 0 Å². The summed E-state index contributed by atoms with van der Waals surface area (Å²) in [4.78, 5) is 4.68. The monoisotopic (exact) mass is 244 g/mol. The number of hydrogen-bond donors (Lipinski definition) is 1. The molecule has 1 aliphatic carbocycles. The largest absolute Gasteiger partial charge is 0.324 e. The number of benzene rings is 1. The van der Waals surface area contributed by atoms with Gasteiger partial charge >= 0.3 is 0 Å². The van der Waals surface area contributed by atoms with E-state index in [0.29, 0.717) is 0 Å². The smallest absolute Gasteiger partial charge is 0.0706 e. The van der Waals surface area contributed by atoms with Crippen molar-refractivity contribution in [2.24, 2.45) is 5.73 Å². The molecule has 0 saturated heterocycles. The fourth-order valence-corrected chi connectivity index (χ4v) is 2.50. The first-order chi connectivity index (χ1) is 8.24. The predicted octanol–water partition coefficient (Wildman–Crippen LogP) is 3.35. The Hall–Kier alpha value is -1.38. The zero-order chi connectivity index (χ0) is 11.8. The molecule has 2 aromatic rings. The quantitative estimate of drug-likeness (QED) is 0.836.